The number of aromatic nitrogens is 3. The molecule has 5 nitrogen and oxygen atoms in total. The Morgan fingerprint density at radius 2 is 2.07 bits per heavy atom. The van der Waals surface area contributed by atoms with Crippen molar-refractivity contribution in [2.45, 2.75) is 25.8 Å². The van der Waals surface area contributed by atoms with E-state index in [0.717, 1.165) is 48.1 Å². The predicted octanol–water partition coefficient (Wildman–Crippen LogP) is 5.13. The topological polar surface area (TPSA) is 53.9 Å². The van der Waals surface area contributed by atoms with E-state index in [1.54, 1.807) is 11.3 Å². The largest absolute Gasteiger partial charge is 0.331 e. The Morgan fingerprint density at radius 3 is 2.97 bits per heavy atom. The monoisotopic (exact) mass is 401 g/mol. The van der Waals surface area contributed by atoms with Crippen LogP contribution in [0.4, 0.5) is 10.8 Å². The van der Waals surface area contributed by atoms with Crippen molar-refractivity contribution in [3.05, 3.63) is 77.2 Å². The number of nitrogens with zero attached hydrogens (tertiary/aromatic N) is 4. The number of hydrogen-bond acceptors (Lipinski definition) is 6. The molecule has 1 aromatic carbocycles. The lowest BCUT2D eigenvalue weighted by Crippen LogP contribution is -2.20. The van der Waals surface area contributed by atoms with Crippen LogP contribution in [0.25, 0.3) is 10.9 Å². The van der Waals surface area contributed by atoms with Gasteiger partial charge in [0.05, 0.1) is 5.52 Å². The third-order valence-electron chi connectivity index (χ3n) is 5.48. The molecule has 5 rings (SSSR count). The number of benzene rings is 1. The van der Waals surface area contributed by atoms with E-state index >= 15 is 0 Å². The van der Waals surface area contributed by atoms with Gasteiger partial charge in [0.25, 0.3) is 0 Å². The maximum Gasteiger partial charge on any atom is 0.187 e. The molecule has 29 heavy (non-hydrogen) atoms. The molecule has 0 bridgehead atoms. The zero-order valence-corrected chi connectivity index (χ0v) is 17.2. The van der Waals surface area contributed by atoms with E-state index < -0.39 is 0 Å². The second kappa shape index (κ2) is 7.89. The van der Waals surface area contributed by atoms with Crippen molar-refractivity contribution in [3.63, 3.8) is 0 Å². The van der Waals surface area contributed by atoms with Gasteiger partial charge in [0.2, 0.25) is 0 Å². The van der Waals surface area contributed by atoms with Crippen LogP contribution in [0, 0.1) is 6.92 Å². The number of hydrogen-bond donors (Lipinski definition) is 1. The van der Waals surface area contributed by atoms with Gasteiger partial charge in [-0.15, -0.1) is 11.3 Å². The molecular weight excluding hydrogens is 378 g/mol. The average molecular weight is 402 g/mol. The molecule has 6 heteroatoms. The lowest BCUT2D eigenvalue weighted by Gasteiger charge is -2.18. The van der Waals surface area contributed by atoms with Gasteiger partial charge in [-0.05, 0) is 49.7 Å². The van der Waals surface area contributed by atoms with Crippen molar-refractivity contribution in [3.8, 4) is 0 Å². The molecule has 1 N–H and O–H groups in total. The number of likely N-dealkylation sites (tertiary alicyclic amines) is 1. The summed E-state index contributed by atoms with van der Waals surface area (Å²) in [6, 6.07) is 14.8. The average Bonchev–Trinajstić information content (AvgIpc) is 3.40. The van der Waals surface area contributed by atoms with Gasteiger partial charge in [0, 0.05) is 59.2 Å². The van der Waals surface area contributed by atoms with Crippen LogP contribution in [0.3, 0.4) is 0 Å². The Kier molecular flexibility index (Phi) is 4.96. The summed E-state index contributed by atoms with van der Waals surface area (Å²) >= 11 is 1.61. The minimum Gasteiger partial charge on any atom is -0.331 e. The standard InChI is InChI=1S/C23H23N5S/c1-16-12-19(27-23-25-9-11-29-23)13-22(26-16)18-7-10-28(15-18)14-17-6-8-24-21-5-3-2-4-20(17)21/h2-6,8-9,11-13,18H,7,10,14-15H2,1H3,(H,25,26,27)/t18-/m0/s1. The van der Waals surface area contributed by atoms with E-state index in [1.165, 1.54) is 16.6 Å². The summed E-state index contributed by atoms with van der Waals surface area (Å²) < 4.78 is 0. The quantitative estimate of drug-likeness (QED) is 0.502. The van der Waals surface area contributed by atoms with Crippen LogP contribution >= 0.6 is 11.3 Å². The van der Waals surface area contributed by atoms with Crippen molar-refractivity contribution < 1.29 is 0 Å². The molecule has 0 amide bonds. The van der Waals surface area contributed by atoms with E-state index in [0.29, 0.717) is 5.92 Å². The van der Waals surface area contributed by atoms with Gasteiger partial charge in [-0.25, -0.2) is 4.98 Å². The predicted molar refractivity (Wildman–Crippen MR) is 119 cm³/mol. The highest BCUT2D eigenvalue weighted by molar-refractivity contribution is 7.13. The molecular formula is C23H23N5S. The SMILES string of the molecule is Cc1cc(Nc2nccs2)cc([C@H]2CCN(Cc3ccnc4ccccc34)C2)n1. The number of fused-ring (bicyclic) bond motifs is 1. The fourth-order valence-electron chi connectivity index (χ4n) is 4.14. The third kappa shape index (κ3) is 3.99. The van der Waals surface area contributed by atoms with Crippen molar-refractivity contribution in [2.24, 2.45) is 0 Å². The summed E-state index contributed by atoms with van der Waals surface area (Å²) in [4.78, 5) is 16.2. The molecule has 1 saturated heterocycles. The minimum absolute atomic E-state index is 0.458. The van der Waals surface area contributed by atoms with Gasteiger partial charge in [-0.2, -0.15) is 0 Å². The Morgan fingerprint density at radius 1 is 1.14 bits per heavy atom. The molecule has 0 radical (unpaired) electrons. The Bertz CT molecular complexity index is 1120. The van der Waals surface area contributed by atoms with Gasteiger partial charge in [0.1, 0.15) is 0 Å². The minimum atomic E-state index is 0.458. The maximum atomic E-state index is 4.84. The van der Waals surface area contributed by atoms with Gasteiger partial charge in [0.15, 0.2) is 5.13 Å². The highest BCUT2D eigenvalue weighted by Gasteiger charge is 2.25. The van der Waals surface area contributed by atoms with Crippen LogP contribution in [-0.4, -0.2) is 32.9 Å². The number of para-hydroxylation sites is 1. The lowest BCUT2D eigenvalue weighted by atomic mass is 10.0. The first kappa shape index (κ1) is 18.2. The van der Waals surface area contributed by atoms with E-state index in [4.69, 9.17) is 4.98 Å². The molecule has 3 aromatic heterocycles. The maximum absolute atomic E-state index is 4.84. The van der Waals surface area contributed by atoms with Crippen LogP contribution in [0.1, 0.15) is 29.3 Å². The summed E-state index contributed by atoms with van der Waals surface area (Å²) in [6.45, 7) is 5.14. The molecule has 1 aliphatic rings. The van der Waals surface area contributed by atoms with Crippen molar-refractivity contribution >= 4 is 33.1 Å². The fourth-order valence-corrected chi connectivity index (χ4v) is 4.68. The number of thiazole rings is 1. The molecule has 1 fully saturated rings. The van der Waals surface area contributed by atoms with Gasteiger partial charge < -0.3 is 5.32 Å². The molecule has 146 valence electrons. The van der Waals surface area contributed by atoms with Gasteiger partial charge >= 0.3 is 0 Å². The number of rotatable bonds is 5. The number of anilines is 2. The van der Waals surface area contributed by atoms with Crippen molar-refractivity contribution in [2.75, 3.05) is 18.4 Å². The zero-order valence-electron chi connectivity index (χ0n) is 16.4. The Balaban J connectivity index is 1.32. The Hall–Kier alpha value is -2.83. The molecule has 4 aromatic rings. The van der Waals surface area contributed by atoms with Crippen LogP contribution < -0.4 is 5.32 Å². The zero-order chi connectivity index (χ0) is 19.6. The van der Waals surface area contributed by atoms with Crippen LogP contribution in [0.5, 0.6) is 0 Å². The summed E-state index contributed by atoms with van der Waals surface area (Å²) in [5, 5.41) is 7.56. The van der Waals surface area contributed by atoms with E-state index in [-0.39, 0.29) is 0 Å². The number of pyridine rings is 2. The third-order valence-corrected chi connectivity index (χ3v) is 6.17. The van der Waals surface area contributed by atoms with E-state index in [2.05, 4.69) is 63.5 Å². The molecule has 0 aliphatic carbocycles. The normalized spacial score (nSPS) is 17.1. The first-order valence-corrected chi connectivity index (χ1v) is 10.8. The molecule has 1 atom stereocenters. The summed E-state index contributed by atoms with van der Waals surface area (Å²) in [7, 11) is 0. The molecule has 0 saturated carbocycles. The van der Waals surface area contributed by atoms with Gasteiger partial charge in [-0.3, -0.25) is 14.9 Å². The molecule has 0 spiro atoms. The van der Waals surface area contributed by atoms with E-state index in [9.17, 15) is 0 Å². The molecule has 0 unspecified atom stereocenters. The first-order chi connectivity index (χ1) is 14.2. The summed E-state index contributed by atoms with van der Waals surface area (Å²) in [5.41, 5.74) is 5.70. The van der Waals surface area contributed by atoms with Crippen LogP contribution in [0.15, 0.2) is 60.2 Å². The van der Waals surface area contributed by atoms with E-state index in [1.807, 2.05) is 23.8 Å². The van der Waals surface area contributed by atoms with Gasteiger partial charge in [-0.1, -0.05) is 18.2 Å². The van der Waals surface area contributed by atoms with Crippen molar-refractivity contribution in [1.82, 2.24) is 19.9 Å². The lowest BCUT2D eigenvalue weighted by molar-refractivity contribution is 0.327. The first-order valence-electron chi connectivity index (χ1n) is 9.95. The molecule has 1 aliphatic heterocycles. The number of nitrogens with one attached hydrogen (secondary N) is 1. The van der Waals surface area contributed by atoms with Crippen LogP contribution in [0.2, 0.25) is 0 Å². The van der Waals surface area contributed by atoms with Crippen LogP contribution in [-0.2, 0) is 6.54 Å². The van der Waals surface area contributed by atoms with Crippen molar-refractivity contribution in [1.29, 1.82) is 0 Å². The fraction of sp³-hybridized carbons (Fsp3) is 0.261. The molecule has 4 heterocycles. The second-order valence-electron chi connectivity index (χ2n) is 7.59. The highest BCUT2D eigenvalue weighted by atomic mass is 32.1. The summed E-state index contributed by atoms with van der Waals surface area (Å²) in [5.74, 6) is 0.458. The summed E-state index contributed by atoms with van der Waals surface area (Å²) in [6.07, 6.45) is 4.87. The Labute approximate surface area is 174 Å². The number of aryl methyl sites for hydroxylation is 1. The smallest absolute Gasteiger partial charge is 0.187 e. The highest BCUT2D eigenvalue weighted by Crippen LogP contribution is 2.30. The second-order valence-corrected chi connectivity index (χ2v) is 8.49.